The maximum Gasteiger partial charge on any atom is 0.417 e. The Morgan fingerprint density at radius 2 is 1.51 bits per heavy atom. The monoisotopic (exact) mass is 488 g/mol. The van der Waals surface area contributed by atoms with Crippen LogP contribution in [0, 0.1) is 19.7 Å². The molecule has 3 rings (SSSR count). The number of rotatable bonds is 5. The number of alkyl halides is 3. The number of nitrogens with one attached hydrogen (secondary N) is 1. The largest absolute Gasteiger partial charge is 0.417 e. The van der Waals surface area contributed by atoms with E-state index in [-0.39, 0.29) is 11.3 Å². The Labute approximate surface area is 207 Å². The number of nitrogens with zero attached hydrogens (tertiary/aromatic N) is 1. The number of halogens is 4. The summed E-state index contributed by atoms with van der Waals surface area (Å²) in [4.78, 5) is 4.33. The summed E-state index contributed by atoms with van der Waals surface area (Å²) in [6.45, 7) is 16.1. The van der Waals surface area contributed by atoms with Crippen LogP contribution in [0.5, 0.6) is 0 Å². The molecule has 3 aromatic rings. The van der Waals surface area contributed by atoms with Gasteiger partial charge in [-0.15, -0.1) is 0 Å². The number of hydrogen-bond donors (Lipinski definition) is 1. The minimum absolute atomic E-state index is 0.00528. The second-order valence-electron chi connectivity index (χ2n) is 8.23. The molecule has 0 radical (unpaired) electrons. The van der Waals surface area contributed by atoms with Gasteiger partial charge in [0.2, 0.25) is 0 Å². The molecule has 35 heavy (non-hydrogen) atoms. The van der Waals surface area contributed by atoms with Crippen LogP contribution in [0.4, 0.5) is 23.4 Å². The minimum atomic E-state index is -4.49. The molecule has 6 heteroatoms. The molecule has 190 valence electrons. The fourth-order valence-corrected chi connectivity index (χ4v) is 2.96. The zero-order valence-corrected chi connectivity index (χ0v) is 21.5. The van der Waals surface area contributed by atoms with Crippen molar-refractivity contribution in [3.05, 3.63) is 89.2 Å². The standard InChI is InChI=1S/C22H18F4N2.C4H10.C3H8/c1-13-10-20(17-6-4-5-7-19(17)22(24,25)26)28-21(11-13)27-15(3)18-12-16(23)9-8-14(18)2;1-3-4-2;1-3-2/h4-12H,3H2,1-2H3,(H,27,28);3-4H2,1-2H3;3H2,1-2H3. The van der Waals surface area contributed by atoms with Crippen molar-refractivity contribution in [3.8, 4) is 11.3 Å². The van der Waals surface area contributed by atoms with Crippen molar-refractivity contribution in [2.45, 2.75) is 67.0 Å². The summed E-state index contributed by atoms with van der Waals surface area (Å²) >= 11 is 0. The van der Waals surface area contributed by atoms with Crippen molar-refractivity contribution < 1.29 is 17.6 Å². The van der Waals surface area contributed by atoms with Crippen LogP contribution in [-0.2, 0) is 6.18 Å². The number of aromatic nitrogens is 1. The lowest BCUT2D eigenvalue weighted by molar-refractivity contribution is -0.137. The van der Waals surface area contributed by atoms with Gasteiger partial charge in [-0.1, -0.05) is 77.8 Å². The van der Waals surface area contributed by atoms with Crippen LogP contribution in [0.15, 0.2) is 61.2 Å². The van der Waals surface area contributed by atoms with Gasteiger partial charge >= 0.3 is 6.18 Å². The Balaban J connectivity index is 0.000000778. The maximum absolute atomic E-state index is 13.6. The van der Waals surface area contributed by atoms with E-state index in [1.54, 1.807) is 25.1 Å². The van der Waals surface area contributed by atoms with E-state index in [0.717, 1.165) is 17.2 Å². The van der Waals surface area contributed by atoms with Crippen LogP contribution in [0.2, 0.25) is 0 Å². The second kappa shape index (κ2) is 14.3. The van der Waals surface area contributed by atoms with E-state index in [4.69, 9.17) is 0 Å². The molecule has 1 heterocycles. The first-order valence-electron chi connectivity index (χ1n) is 11.9. The zero-order valence-electron chi connectivity index (χ0n) is 21.5. The topological polar surface area (TPSA) is 24.9 Å². The summed E-state index contributed by atoms with van der Waals surface area (Å²) in [5.41, 5.74) is 1.96. The molecule has 0 fully saturated rings. The fourth-order valence-electron chi connectivity index (χ4n) is 2.96. The average molecular weight is 489 g/mol. The highest BCUT2D eigenvalue weighted by molar-refractivity contribution is 5.77. The lowest BCUT2D eigenvalue weighted by atomic mass is 10.0. The van der Waals surface area contributed by atoms with Gasteiger partial charge in [0.1, 0.15) is 11.6 Å². The predicted molar refractivity (Wildman–Crippen MR) is 140 cm³/mol. The van der Waals surface area contributed by atoms with Gasteiger partial charge in [-0.3, -0.25) is 0 Å². The summed E-state index contributed by atoms with van der Waals surface area (Å²) in [7, 11) is 0. The van der Waals surface area contributed by atoms with Crippen LogP contribution in [0.3, 0.4) is 0 Å². The van der Waals surface area contributed by atoms with Gasteiger partial charge < -0.3 is 5.32 Å². The van der Waals surface area contributed by atoms with Crippen molar-refractivity contribution in [2.24, 2.45) is 0 Å². The van der Waals surface area contributed by atoms with Gasteiger partial charge in [-0.2, -0.15) is 13.2 Å². The van der Waals surface area contributed by atoms with E-state index in [1.807, 2.05) is 6.92 Å². The third-order valence-corrected chi connectivity index (χ3v) is 4.78. The van der Waals surface area contributed by atoms with Gasteiger partial charge in [-0.05, 0) is 55.3 Å². The molecule has 2 aromatic carbocycles. The number of aryl methyl sites for hydroxylation is 2. The molecule has 0 atom stereocenters. The normalized spacial score (nSPS) is 10.5. The first-order chi connectivity index (χ1) is 16.5. The molecule has 0 aliphatic carbocycles. The summed E-state index contributed by atoms with van der Waals surface area (Å²) in [5.74, 6) is -0.0683. The van der Waals surface area contributed by atoms with Gasteiger partial charge in [0, 0.05) is 16.8 Å². The smallest absolute Gasteiger partial charge is 0.340 e. The van der Waals surface area contributed by atoms with Crippen molar-refractivity contribution >= 4 is 11.5 Å². The Hall–Kier alpha value is -3.15. The van der Waals surface area contributed by atoms with E-state index in [0.29, 0.717) is 17.1 Å². The third kappa shape index (κ3) is 9.55. The highest BCUT2D eigenvalue weighted by atomic mass is 19.4. The van der Waals surface area contributed by atoms with E-state index in [1.165, 1.54) is 49.6 Å². The lowest BCUT2D eigenvalue weighted by Gasteiger charge is -2.16. The Bertz CT molecular complexity index is 1090. The summed E-state index contributed by atoms with van der Waals surface area (Å²) in [6.07, 6.45) is -0.599. The van der Waals surface area contributed by atoms with E-state index in [2.05, 4.69) is 44.6 Å². The predicted octanol–water partition coefficient (Wildman–Crippen LogP) is 9.83. The van der Waals surface area contributed by atoms with Crippen LogP contribution < -0.4 is 5.32 Å². The van der Waals surface area contributed by atoms with Gasteiger partial charge in [0.15, 0.2) is 0 Å². The first-order valence-corrected chi connectivity index (χ1v) is 11.9. The number of unbranched alkanes of at least 4 members (excludes halogenated alkanes) is 1. The first kappa shape index (κ1) is 29.9. The van der Waals surface area contributed by atoms with Gasteiger partial charge in [-0.25, -0.2) is 9.37 Å². The Kier molecular flexibility index (Phi) is 12.2. The molecule has 1 N–H and O–H groups in total. The molecule has 0 unspecified atom stereocenters. The highest BCUT2D eigenvalue weighted by Crippen LogP contribution is 2.37. The van der Waals surface area contributed by atoms with Crippen molar-refractivity contribution in [2.75, 3.05) is 5.32 Å². The molecular weight excluding hydrogens is 452 g/mol. The fraction of sp³-hybridized carbons (Fsp3) is 0.345. The van der Waals surface area contributed by atoms with E-state index >= 15 is 0 Å². The lowest BCUT2D eigenvalue weighted by Crippen LogP contribution is -2.08. The Morgan fingerprint density at radius 3 is 2.09 bits per heavy atom. The van der Waals surface area contributed by atoms with E-state index in [9.17, 15) is 17.6 Å². The molecular formula is C29H36F4N2. The van der Waals surface area contributed by atoms with Crippen LogP contribution in [-0.4, -0.2) is 4.98 Å². The van der Waals surface area contributed by atoms with Crippen molar-refractivity contribution in [1.29, 1.82) is 0 Å². The summed E-state index contributed by atoms with van der Waals surface area (Å²) in [5, 5.41) is 2.98. The molecule has 0 bridgehead atoms. The minimum Gasteiger partial charge on any atom is -0.340 e. The quantitative estimate of drug-likeness (QED) is 0.362. The molecule has 0 saturated heterocycles. The molecule has 0 amide bonds. The van der Waals surface area contributed by atoms with Crippen molar-refractivity contribution in [3.63, 3.8) is 0 Å². The van der Waals surface area contributed by atoms with Crippen molar-refractivity contribution in [1.82, 2.24) is 4.98 Å². The molecule has 1 aromatic heterocycles. The maximum atomic E-state index is 13.6. The average Bonchev–Trinajstić information content (AvgIpc) is 2.80. The van der Waals surface area contributed by atoms with Gasteiger partial charge in [0.25, 0.3) is 0 Å². The number of benzene rings is 2. The number of pyridine rings is 1. The van der Waals surface area contributed by atoms with Crippen LogP contribution in [0.1, 0.15) is 69.2 Å². The summed E-state index contributed by atoms with van der Waals surface area (Å²) < 4.78 is 53.6. The third-order valence-electron chi connectivity index (χ3n) is 4.78. The molecule has 0 aliphatic heterocycles. The second-order valence-corrected chi connectivity index (χ2v) is 8.23. The molecule has 0 aliphatic rings. The van der Waals surface area contributed by atoms with Gasteiger partial charge in [0.05, 0.1) is 11.3 Å². The Morgan fingerprint density at radius 1 is 0.914 bits per heavy atom. The molecule has 0 spiro atoms. The van der Waals surface area contributed by atoms with Crippen LogP contribution in [0.25, 0.3) is 17.0 Å². The van der Waals surface area contributed by atoms with E-state index < -0.39 is 17.6 Å². The summed E-state index contributed by atoms with van der Waals surface area (Å²) in [6, 6.07) is 12.9. The number of anilines is 1. The zero-order chi connectivity index (χ0) is 26.6. The molecule has 0 saturated carbocycles. The highest BCUT2D eigenvalue weighted by Gasteiger charge is 2.33. The number of hydrogen-bond acceptors (Lipinski definition) is 2. The SMILES string of the molecule is C=C(Nc1cc(C)cc(-c2ccccc2C(F)(F)F)n1)c1cc(F)ccc1C.CCC.CCCC. The van der Waals surface area contributed by atoms with Crippen LogP contribution >= 0.6 is 0 Å². The molecule has 2 nitrogen and oxygen atoms in total.